The number of likely N-dealkylation sites (N-methyl/N-ethyl adjacent to an activating group) is 1. The van der Waals surface area contributed by atoms with Gasteiger partial charge in [0, 0.05) is 31.8 Å². The second kappa shape index (κ2) is 9.92. The van der Waals surface area contributed by atoms with Crippen molar-refractivity contribution in [3.63, 3.8) is 0 Å². The SMILES string of the molecule is C=C/C=C(\C=C/N)C(/C(=C)c1ccc(F)c(C)c1)=C(/NN)N1CCN(C)CC1. The van der Waals surface area contributed by atoms with E-state index in [1.54, 1.807) is 31.2 Å². The number of nitrogens with zero attached hydrogens (tertiary/aromatic N) is 2. The van der Waals surface area contributed by atoms with E-state index in [4.69, 9.17) is 11.6 Å². The lowest BCUT2D eigenvalue weighted by Gasteiger charge is -2.36. The average molecular weight is 384 g/mol. The molecular formula is C22H30FN5. The van der Waals surface area contributed by atoms with E-state index >= 15 is 0 Å². The molecule has 0 amide bonds. The largest absolute Gasteiger partial charge is 0.405 e. The molecule has 1 saturated heterocycles. The van der Waals surface area contributed by atoms with E-state index in [1.165, 1.54) is 12.3 Å². The lowest BCUT2D eigenvalue weighted by molar-refractivity contribution is 0.177. The summed E-state index contributed by atoms with van der Waals surface area (Å²) < 4.78 is 13.8. The monoisotopic (exact) mass is 383 g/mol. The molecular weight excluding hydrogens is 353 g/mol. The van der Waals surface area contributed by atoms with Crippen molar-refractivity contribution < 1.29 is 4.39 Å². The molecule has 0 aliphatic carbocycles. The lowest BCUT2D eigenvalue weighted by Crippen LogP contribution is -2.48. The summed E-state index contributed by atoms with van der Waals surface area (Å²) in [6.45, 7) is 13.3. The van der Waals surface area contributed by atoms with Gasteiger partial charge in [-0.1, -0.05) is 31.4 Å². The normalized spacial score (nSPS) is 16.9. The van der Waals surface area contributed by atoms with E-state index in [2.05, 4.69) is 35.4 Å². The first-order valence-corrected chi connectivity index (χ1v) is 9.24. The van der Waals surface area contributed by atoms with Crippen LogP contribution in [-0.2, 0) is 0 Å². The fourth-order valence-corrected chi connectivity index (χ4v) is 3.24. The Bertz CT molecular complexity index is 814. The summed E-state index contributed by atoms with van der Waals surface area (Å²) in [7, 11) is 2.10. The number of hydrogen-bond acceptors (Lipinski definition) is 5. The minimum atomic E-state index is -0.248. The van der Waals surface area contributed by atoms with Crippen LogP contribution in [0.25, 0.3) is 5.57 Å². The molecule has 1 aromatic rings. The summed E-state index contributed by atoms with van der Waals surface area (Å²) >= 11 is 0. The number of nitrogens with two attached hydrogens (primary N) is 2. The predicted octanol–water partition coefficient (Wildman–Crippen LogP) is 2.65. The maximum atomic E-state index is 13.8. The van der Waals surface area contributed by atoms with Crippen LogP contribution in [0, 0.1) is 12.7 Å². The Labute approximate surface area is 167 Å². The molecule has 0 spiro atoms. The molecule has 150 valence electrons. The highest BCUT2D eigenvalue weighted by Crippen LogP contribution is 2.32. The van der Waals surface area contributed by atoms with Crippen molar-refractivity contribution in [1.82, 2.24) is 15.2 Å². The molecule has 5 N–H and O–H groups in total. The van der Waals surface area contributed by atoms with Crippen molar-refractivity contribution >= 4 is 5.57 Å². The van der Waals surface area contributed by atoms with Gasteiger partial charge in [-0.15, -0.1) is 0 Å². The number of benzene rings is 1. The van der Waals surface area contributed by atoms with Gasteiger partial charge in [0.15, 0.2) is 0 Å². The lowest BCUT2D eigenvalue weighted by atomic mass is 9.91. The molecule has 6 heteroatoms. The van der Waals surface area contributed by atoms with Gasteiger partial charge in [0.2, 0.25) is 0 Å². The zero-order valence-electron chi connectivity index (χ0n) is 16.7. The van der Waals surface area contributed by atoms with E-state index in [0.29, 0.717) is 5.56 Å². The first-order valence-electron chi connectivity index (χ1n) is 9.24. The van der Waals surface area contributed by atoms with Crippen LogP contribution in [0.4, 0.5) is 4.39 Å². The van der Waals surface area contributed by atoms with E-state index in [0.717, 1.165) is 54.3 Å². The summed E-state index contributed by atoms with van der Waals surface area (Å²) in [5.41, 5.74) is 12.3. The van der Waals surface area contributed by atoms with Gasteiger partial charge in [-0.3, -0.25) is 0 Å². The molecule has 28 heavy (non-hydrogen) atoms. The Morgan fingerprint density at radius 3 is 2.46 bits per heavy atom. The molecule has 1 aromatic carbocycles. The maximum absolute atomic E-state index is 13.8. The summed E-state index contributed by atoms with van der Waals surface area (Å²) in [6, 6.07) is 4.96. The van der Waals surface area contributed by atoms with Crippen LogP contribution >= 0.6 is 0 Å². The van der Waals surface area contributed by atoms with Crippen LogP contribution in [0.5, 0.6) is 0 Å². The number of allylic oxidation sites excluding steroid dienone is 6. The van der Waals surface area contributed by atoms with Crippen molar-refractivity contribution in [2.75, 3.05) is 33.2 Å². The van der Waals surface area contributed by atoms with Crippen LogP contribution in [-0.4, -0.2) is 43.0 Å². The topological polar surface area (TPSA) is 70.5 Å². The predicted molar refractivity (Wildman–Crippen MR) is 115 cm³/mol. The van der Waals surface area contributed by atoms with Crippen molar-refractivity contribution in [3.8, 4) is 0 Å². The smallest absolute Gasteiger partial charge is 0.126 e. The van der Waals surface area contributed by atoms with Gasteiger partial charge in [0.1, 0.15) is 11.6 Å². The van der Waals surface area contributed by atoms with Gasteiger partial charge >= 0.3 is 0 Å². The van der Waals surface area contributed by atoms with Gasteiger partial charge in [0.25, 0.3) is 0 Å². The molecule has 0 saturated carbocycles. The molecule has 1 heterocycles. The van der Waals surface area contributed by atoms with Crippen LogP contribution in [0.2, 0.25) is 0 Å². The third kappa shape index (κ3) is 4.91. The zero-order chi connectivity index (χ0) is 20.7. The summed E-state index contributed by atoms with van der Waals surface area (Å²) in [6.07, 6.45) is 6.80. The molecule has 2 rings (SSSR count). The van der Waals surface area contributed by atoms with Gasteiger partial charge in [0.05, 0.1) is 0 Å². The Morgan fingerprint density at radius 2 is 1.93 bits per heavy atom. The molecule has 1 fully saturated rings. The average Bonchev–Trinajstić information content (AvgIpc) is 2.68. The Kier molecular flexibility index (Phi) is 7.61. The minimum absolute atomic E-state index is 0.248. The van der Waals surface area contributed by atoms with E-state index in [-0.39, 0.29) is 5.82 Å². The number of hydrazine groups is 1. The molecule has 0 unspecified atom stereocenters. The third-order valence-electron chi connectivity index (χ3n) is 4.86. The van der Waals surface area contributed by atoms with Crippen LogP contribution in [0.1, 0.15) is 11.1 Å². The van der Waals surface area contributed by atoms with Gasteiger partial charge in [-0.25, -0.2) is 10.2 Å². The highest BCUT2D eigenvalue weighted by molar-refractivity contribution is 5.84. The summed E-state index contributed by atoms with van der Waals surface area (Å²) in [4.78, 5) is 4.46. The van der Waals surface area contributed by atoms with E-state index < -0.39 is 0 Å². The number of aryl methyl sites for hydroxylation is 1. The summed E-state index contributed by atoms with van der Waals surface area (Å²) in [5.74, 6) is 6.47. The quantitative estimate of drug-likeness (QED) is 0.384. The van der Waals surface area contributed by atoms with Crippen LogP contribution < -0.4 is 17.0 Å². The highest BCUT2D eigenvalue weighted by Gasteiger charge is 2.22. The van der Waals surface area contributed by atoms with Crippen molar-refractivity contribution in [2.45, 2.75) is 6.92 Å². The zero-order valence-corrected chi connectivity index (χ0v) is 16.7. The number of hydrogen-bond donors (Lipinski definition) is 3. The fraction of sp³-hybridized carbons (Fsp3) is 0.273. The first kappa shape index (κ1) is 21.5. The molecule has 5 nitrogen and oxygen atoms in total. The standard InChI is InChI=1S/C22H30FN5/c1-5-6-18(9-10-24)21(17(3)19-7-8-20(23)16(2)15-19)22(26-25)28-13-11-27(4)12-14-28/h5-10,15,26H,1,3,11-14,24-25H2,2,4H3/b10-9-,18-6+,22-21-. The van der Waals surface area contributed by atoms with E-state index in [1.807, 2.05) is 6.08 Å². The van der Waals surface area contributed by atoms with Crippen molar-refractivity contribution in [3.05, 3.63) is 89.7 Å². The van der Waals surface area contributed by atoms with Gasteiger partial charge in [-0.2, -0.15) is 0 Å². The molecule has 0 aromatic heterocycles. The van der Waals surface area contributed by atoms with Crippen LogP contribution in [0.15, 0.2) is 72.8 Å². The number of piperazine rings is 1. The van der Waals surface area contributed by atoms with Gasteiger partial charge in [-0.05, 0) is 60.7 Å². The number of rotatable bonds is 7. The molecule has 0 radical (unpaired) electrons. The Morgan fingerprint density at radius 1 is 1.25 bits per heavy atom. The Hall–Kier alpha value is -2.83. The van der Waals surface area contributed by atoms with Crippen molar-refractivity contribution in [1.29, 1.82) is 0 Å². The third-order valence-corrected chi connectivity index (χ3v) is 4.86. The molecule has 0 bridgehead atoms. The number of halogens is 1. The second-order valence-corrected chi connectivity index (χ2v) is 6.82. The first-order chi connectivity index (χ1) is 13.4. The van der Waals surface area contributed by atoms with Crippen molar-refractivity contribution in [2.24, 2.45) is 11.6 Å². The maximum Gasteiger partial charge on any atom is 0.126 e. The second-order valence-electron chi connectivity index (χ2n) is 6.82. The fourth-order valence-electron chi connectivity index (χ4n) is 3.24. The number of nitrogens with one attached hydrogen (secondary N) is 1. The minimum Gasteiger partial charge on any atom is -0.405 e. The van der Waals surface area contributed by atoms with Crippen LogP contribution in [0.3, 0.4) is 0 Å². The molecule has 0 atom stereocenters. The highest BCUT2D eigenvalue weighted by atomic mass is 19.1. The molecule has 1 aliphatic heterocycles. The van der Waals surface area contributed by atoms with E-state index in [9.17, 15) is 4.39 Å². The Balaban J connectivity index is 2.63. The summed E-state index contributed by atoms with van der Waals surface area (Å²) in [5, 5.41) is 0. The van der Waals surface area contributed by atoms with Gasteiger partial charge < -0.3 is 21.0 Å². The molecule has 1 aliphatic rings.